The molecule has 0 saturated carbocycles. The molecule has 82 valence electrons. The molecule has 1 aliphatic rings. The Morgan fingerprint density at radius 1 is 1.25 bits per heavy atom. The standard InChI is InChI=1S/C13H14N2S/c14-7-13-15-12(8-16-13)11-5-4-9-2-1-3-10(9)6-11/h4-6,8H,1-3,7,14H2. The third-order valence-electron chi connectivity index (χ3n) is 3.12. The summed E-state index contributed by atoms with van der Waals surface area (Å²) in [5, 5.41) is 3.11. The number of benzene rings is 1. The molecule has 3 rings (SSSR count). The lowest BCUT2D eigenvalue weighted by molar-refractivity contribution is 0.912. The molecule has 1 aromatic heterocycles. The fourth-order valence-corrected chi connectivity index (χ4v) is 2.95. The minimum absolute atomic E-state index is 0.537. The SMILES string of the molecule is NCc1nc(-c2ccc3c(c2)CCC3)cs1. The Morgan fingerprint density at radius 3 is 2.94 bits per heavy atom. The first-order valence-corrected chi connectivity index (χ1v) is 6.51. The Morgan fingerprint density at radius 2 is 2.12 bits per heavy atom. The summed E-state index contributed by atoms with van der Waals surface area (Å²) < 4.78 is 0. The second-order valence-corrected chi connectivity index (χ2v) is 5.11. The van der Waals surface area contributed by atoms with Crippen molar-refractivity contribution in [2.75, 3.05) is 0 Å². The highest BCUT2D eigenvalue weighted by Gasteiger charge is 2.12. The largest absolute Gasteiger partial charge is 0.325 e. The third kappa shape index (κ3) is 1.66. The molecule has 0 saturated heterocycles. The number of aryl methyl sites for hydroxylation is 2. The van der Waals surface area contributed by atoms with Gasteiger partial charge in [0.2, 0.25) is 0 Å². The summed E-state index contributed by atoms with van der Waals surface area (Å²) in [5.41, 5.74) is 10.9. The first-order valence-electron chi connectivity index (χ1n) is 5.63. The molecule has 1 aliphatic carbocycles. The average molecular weight is 230 g/mol. The molecule has 0 spiro atoms. The van der Waals surface area contributed by atoms with Crippen LogP contribution in [0.25, 0.3) is 11.3 Å². The number of nitrogens with zero attached hydrogens (tertiary/aromatic N) is 1. The monoisotopic (exact) mass is 230 g/mol. The van der Waals surface area contributed by atoms with E-state index in [1.807, 2.05) is 0 Å². The van der Waals surface area contributed by atoms with Crippen LogP contribution in [0.2, 0.25) is 0 Å². The van der Waals surface area contributed by atoms with E-state index in [9.17, 15) is 0 Å². The topological polar surface area (TPSA) is 38.9 Å². The van der Waals surface area contributed by atoms with Crippen LogP contribution < -0.4 is 5.73 Å². The molecule has 2 aromatic rings. The smallest absolute Gasteiger partial charge is 0.107 e. The normalized spacial score (nSPS) is 14.1. The molecular formula is C13H14N2S. The molecule has 0 amide bonds. The number of rotatable bonds is 2. The van der Waals surface area contributed by atoms with Crippen LogP contribution in [0.5, 0.6) is 0 Å². The number of aromatic nitrogens is 1. The van der Waals surface area contributed by atoms with Gasteiger partial charge in [-0.15, -0.1) is 11.3 Å². The highest BCUT2D eigenvalue weighted by Crippen LogP contribution is 2.28. The van der Waals surface area contributed by atoms with Crippen molar-refractivity contribution in [1.29, 1.82) is 0 Å². The van der Waals surface area contributed by atoms with Crippen molar-refractivity contribution >= 4 is 11.3 Å². The van der Waals surface area contributed by atoms with Crippen molar-refractivity contribution in [3.63, 3.8) is 0 Å². The molecule has 0 aliphatic heterocycles. The van der Waals surface area contributed by atoms with Crippen molar-refractivity contribution in [2.45, 2.75) is 25.8 Å². The van der Waals surface area contributed by atoms with Gasteiger partial charge in [-0.1, -0.05) is 12.1 Å². The number of hydrogen-bond acceptors (Lipinski definition) is 3. The third-order valence-corrected chi connectivity index (χ3v) is 3.99. The van der Waals surface area contributed by atoms with Gasteiger partial charge in [-0.25, -0.2) is 4.98 Å². The molecule has 0 radical (unpaired) electrons. The zero-order valence-electron chi connectivity index (χ0n) is 9.07. The van der Waals surface area contributed by atoms with E-state index in [0.717, 1.165) is 10.7 Å². The van der Waals surface area contributed by atoms with Gasteiger partial charge in [-0.3, -0.25) is 0 Å². The van der Waals surface area contributed by atoms with E-state index in [1.165, 1.54) is 36.0 Å². The summed E-state index contributed by atoms with van der Waals surface area (Å²) in [6.45, 7) is 0.537. The minimum Gasteiger partial charge on any atom is -0.325 e. The van der Waals surface area contributed by atoms with Gasteiger partial charge in [0.15, 0.2) is 0 Å². The van der Waals surface area contributed by atoms with Crippen LogP contribution in [-0.4, -0.2) is 4.98 Å². The molecule has 0 fully saturated rings. The van der Waals surface area contributed by atoms with Gasteiger partial charge >= 0.3 is 0 Å². The van der Waals surface area contributed by atoms with Crippen LogP contribution in [0.4, 0.5) is 0 Å². The summed E-state index contributed by atoms with van der Waals surface area (Å²) in [4.78, 5) is 4.52. The van der Waals surface area contributed by atoms with Crippen LogP contribution in [0, 0.1) is 0 Å². The van der Waals surface area contributed by atoms with Crippen LogP contribution in [-0.2, 0) is 19.4 Å². The van der Waals surface area contributed by atoms with Crippen molar-refractivity contribution in [1.82, 2.24) is 4.98 Å². The van der Waals surface area contributed by atoms with E-state index in [-0.39, 0.29) is 0 Å². The summed E-state index contributed by atoms with van der Waals surface area (Å²) in [6.07, 6.45) is 3.75. The second kappa shape index (κ2) is 4.00. The van der Waals surface area contributed by atoms with Gasteiger partial charge in [-0.05, 0) is 36.5 Å². The van der Waals surface area contributed by atoms with Gasteiger partial charge in [0.1, 0.15) is 5.01 Å². The molecule has 0 atom stereocenters. The van der Waals surface area contributed by atoms with Gasteiger partial charge in [-0.2, -0.15) is 0 Å². The predicted molar refractivity (Wildman–Crippen MR) is 67.5 cm³/mol. The Bertz CT molecular complexity index is 516. The predicted octanol–water partition coefficient (Wildman–Crippen LogP) is 2.76. The average Bonchev–Trinajstić information content (AvgIpc) is 2.96. The summed E-state index contributed by atoms with van der Waals surface area (Å²) in [7, 11) is 0. The van der Waals surface area contributed by atoms with Crippen molar-refractivity contribution in [3.8, 4) is 11.3 Å². The fourth-order valence-electron chi connectivity index (χ4n) is 2.27. The Hall–Kier alpha value is -1.19. The lowest BCUT2D eigenvalue weighted by Crippen LogP contribution is -1.94. The molecular weight excluding hydrogens is 216 g/mol. The zero-order chi connectivity index (χ0) is 11.0. The van der Waals surface area contributed by atoms with Gasteiger partial charge in [0.05, 0.1) is 5.69 Å². The van der Waals surface area contributed by atoms with E-state index in [0.29, 0.717) is 6.54 Å². The minimum atomic E-state index is 0.537. The highest BCUT2D eigenvalue weighted by atomic mass is 32.1. The molecule has 0 unspecified atom stereocenters. The van der Waals surface area contributed by atoms with Gasteiger partial charge < -0.3 is 5.73 Å². The van der Waals surface area contributed by atoms with E-state index >= 15 is 0 Å². The molecule has 2 nitrogen and oxygen atoms in total. The van der Waals surface area contributed by atoms with Crippen molar-refractivity contribution < 1.29 is 0 Å². The van der Waals surface area contributed by atoms with E-state index < -0.39 is 0 Å². The lowest BCUT2D eigenvalue weighted by Gasteiger charge is -2.01. The molecule has 1 heterocycles. The molecule has 3 heteroatoms. The quantitative estimate of drug-likeness (QED) is 0.861. The van der Waals surface area contributed by atoms with E-state index in [2.05, 4.69) is 28.6 Å². The maximum atomic E-state index is 5.58. The maximum Gasteiger partial charge on any atom is 0.107 e. The summed E-state index contributed by atoms with van der Waals surface area (Å²) in [5.74, 6) is 0. The first-order chi connectivity index (χ1) is 7.86. The van der Waals surface area contributed by atoms with Crippen LogP contribution in [0.1, 0.15) is 22.6 Å². The Labute approximate surface area is 99.1 Å². The number of thiazole rings is 1. The molecule has 2 N–H and O–H groups in total. The maximum absolute atomic E-state index is 5.58. The molecule has 0 bridgehead atoms. The van der Waals surface area contributed by atoms with Crippen molar-refractivity contribution in [2.24, 2.45) is 5.73 Å². The Kier molecular flexibility index (Phi) is 2.50. The zero-order valence-corrected chi connectivity index (χ0v) is 9.89. The lowest BCUT2D eigenvalue weighted by atomic mass is 10.1. The van der Waals surface area contributed by atoms with Gasteiger partial charge in [0.25, 0.3) is 0 Å². The fraction of sp³-hybridized carbons (Fsp3) is 0.308. The van der Waals surface area contributed by atoms with Crippen LogP contribution >= 0.6 is 11.3 Å². The first kappa shape index (κ1) is 10.00. The summed E-state index contributed by atoms with van der Waals surface area (Å²) >= 11 is 1.64. The number of nitrogens with two attached hydrogens (primary N) is 1. The second-order valence-electron chi connectivity index (χ2n) is 4.17. The Balaban J connectivity index is 2.00. The van der Waals surface area contributed by atoms with E-state index in [1.54, 1.807) is 11.3 Å². The van der Waals surface area contributed by atoms with Gasteiger partial charge in [0, 0.05) is 17.5 Å². The van der Waals surface area contributed by atoms with Crippen LogP contribution in [0.15, 0.2) is 23.6 Å². The van der Waals surface area contributed by atoms with Crippen LogP contribution in [0.3, 0.4) is 0 Å². The van der Waals surface area contributed by atoms with E-state index in [4.69, 9.17) is 5.73 Å². The molecule has 1 aromatic carbocycles. The summed E-state index contributed by atoms with van der Waals surface area (Å²) in [6, 6.07) is 6.72. The molecule has 16 heavy (non-hydrogen) atoms. The van der Waals surface area contributed by atoms with Crippen molar-refractivity contribution in [3.05, 3.63) is 39.7 Å². The highest BCUT2D eigenvalue weighted by molar-refractivity contribution is 7.09. The number of fused-ring (bicyclic) bond motifs is 1. The number of hydrogen-bond donors (Lipinski definition) is 1.